The number of dihydropyridines is 1. The lowest BCUT2D eigenvalue weighted by molar-refractivity contribution is 0.214. The van der Waals surface area contributed by atoms with Gasteiger partial charge in [-0.15, -0.1) is 10.2 Å². The van der Waals surface area contributed by atoms with Crippen molar-refractivity contribution in [2.75, 3.05) is 0 Å². The molecule has 0 fully saturated rings. The van der Waals surface area contributed by atoms with Crippen molar-refractivity contribution in [2.45, 2.75) is 19.6 Å². The van der Waals surface area contributed by atoms with E-state index in [1.807, 2.05) is 31.2 Å². The SMILES string of the molecule is Cc1ccc(C2=C(c3nn[nH]n3)C(O)NC(c3ccc(Cc4ccccc4)cc3)=C2)cc1. The van der Waals surface area contributed by atoms with Crippen molar-refractivity contribution in [3.63, 3.8) is 0 Å². The van der Waals surface area contributed by atoms with Gasteiger partial charge in [-0.1, -0.05) is 84.4 Å². The highest BCUT2D eigenvalue weighted by Gasteiger charge is 2.27. The average Bonchev–Trinajstić information content (AvgIpc) is 3.35. The number of tetrazole rings is 1. The first-order valence-electron chi connectivity index (χ1n) is 10.5. The lowest BCUT2D eigenvalue weighted by Gasteiger charge is -2.26. The van der Waals surface area contributed by atoms with Crippen molar-refractivity contribution in [3.05, 3.63) is 119 Å². The van der Waals surface area contributed by atoms with Crippen LogP contribution in [-0.2, 0) is 6.42 Å². The van der Waals surface area contributed by atoms with Crippen molar-refractivity contribution in [1.29, 1.82) is 0 Å². The number of nitrogens with zero attached hydrogens (tertiary/aromatic N) is 3. The van der Waals surface area contributed by atoms with E-state index in [1.54, 1.807) is 0 Å². The van der Waals surface area contributed by atoms with Gasteiger partial charge in [0, 0.05) is 5.70 Å². The highest BCUT2D eigenvalue weighted by molar-refractivity contribution is 6.01. The smallest absolute Gasteiger partial charge is 0.205 e. The van der Waals surface area contributed by atoms with Gasteiger partial charge < -0.3 is 10.4 Å². The molecular weight excluding hydrogens is 398 g/mol. The number of aryl methyl sites for hydroxylation is 1. The van der Waals surface area contributed by atoms with Crippen molar-refractivity contribution >= 4 is 16.8 Å². The lowest BCUT2D eigenvalue weighted by atomic mass is 9.92. The minimum Gasteiger partial charge on any atom is -0.369 e. The Morgan fingerprint density at radius 2 is 1.53 bits per heavy atom. The summed E-state index contributed by atoms with van der Waals surface area (Å²) in [4.78, 5) is 0. The van der Waals surface area contributed by atoms with Crippen molar-refractivity contribution in [3.8, 4) is 0 Å². The number of rotatable bonds is 5. The van der Waals surface area contributed by atoms with Crippen LogP contribution in [0.25, 0.3) is 16.8 Å². The molecule has 0 bridgehead atoms. The summed E-state index contributed by atoms with van der Waals surface area (Å²) >= 11 is 0. The summed E-state index contributed by atoms with van der Waals surface area (Å²) < 4.78 is 0. The molecule has 5 rings (SSSR count). The lowest BCUT2D eigenvalue weighted by Crippen LogP contribution is -2.32. The molecule has 2 heterocycles. The second kappa shape index (κ2) is 8.61. The van der Waals surface area contributed by atoms with E-state index in [2.05, 4.69) is 86.6 Å². The Labute approximate surface area is 186 Å². The number of aromatic amines is 1. The van der Waals surface area contributed by atoms with Gasteiger partial charge in [-0.2, -0.15) is 5.21 Å². The summed E-state index contributed by atoms with van der Waals surface area (Å²) in [5, 5.41) is 28.5. The maximum Gasteiger partial charge on any atom is 0.205 e. The Balaban J connectivity index is 1.52. The van der Waals surface area contributed by atoms with Gasteiger partial charge in [0.15, 0.2) is 6.23 Å². The molecule has 0 spiro atoms. The molecule has 6 nitrogen and oxygen atoms in total. The van der Waals surface area contributed by atoms with E-state index in [0.717, 1.165) is 28.8 Å². The van der Waals surface area contributed by atoms with Gasteiger partial charge in [0.2, 0.25) is 5.82 Å². The second-order valence-corrected chi connectivity index (χ2v) is 7.89. The maximum atomic E-state index is 11.0. The first kappa shape index (κ1) is 19.9. The van der Waals surface area contributed by atoms with Gasteiger partial charge in [0.25, 0.3) is 0 Å². The van der Waals surface area contributed by atoms with Crippen LogP contribution < -0.4 is 5.32 Å². The van der Waals surface area contributed by atoms with E-state index >= 15 is 0 Å². The third kappa shape index (κ3) is 4.08. The van der Waals surface area contributed by atoms with Crippen LogP contribution in [0.3, 0.4) is 0 Å². The van der Waals surface area contributed by atoms with Crippen LogP contribution in [0.2, 0.25) is 0 Å². The molecule has 0 saturated carbocycles. The summed E-state index contributed by atoms with van der Waals surface area (Å²) in [5.41, 5.74) is 7.95. The number of benzene rings is 3. The number of H-pyrrole nitrogens is 1. The number of nitrogens with one attached hydrogen (secondary N) is 2. The van der Waals surface area contributed by atoms with Crippen LogP contribution in [0, 0.1) is 6.92 Å². The molecule has 1 atom stereocenters. The zero-order valence-corrected chi connectivity index (χ0v) is 17.7. The van der Waals surface area contributed by atoms with Crippen molar-refractivity contribution < 1.29 is 5.11 Å². The molecule has 6 heteroatoms. The molecule has 3 N–H and O–H groups in total. The summed E-state index contributed by atoms with van der Waals surface area (Å²) in [6.07, 6.45) is 1.95. The average molecular weight is 422 g/mol. The van der Waals surface area contributed by atoms with Crippen LogP contribution >= 0.6 is 0 Å². The number of allylic oxidation sites excluding steroid dienone is 2. The normalized spacial score (nSPS) is 15.9. The number of aliphatic hydroxyl groups excluding tert-OH is 1. The Kier molecular flexibility index (Phi) is 5.35. The molecule has 158 valence electrons. The van der Waals surface area contributed by atoms with Gasteiger partial charge in [0.05, 0.1) is 5.57 Å². The third-order valence-electron chi connectivity index (χ3n) is 5.61. The minimum atomic E-state index is -0.965. The number of aliphatic hydroxyl groups is 1. The van der Waals surface area contributed by atoms with Crippen LogP contribution in [-0.4, -0.2) is 32.0 Å². The van der Waals surface area contributed by atoms with E-state index in [4.69, 9.17) is 0 Å². The van der Waals surface area contributed by atoms with Crippen LogP contribution in [0.15, 0.2) is 84.9 Å². The Morgan fingerprint density at radius 3 is 2.22 bits per heavy atom. The van der Waals surface area contributed by atoms with Crippen molar-refractivity contribution in [1.82, 2.24) is 25.9 Å². The zero-order valence-electron chi connectivity index (χ0n) is 17.7. The molecule has 1 aliphatic heterocycles. The number of hydrogen-bond donors (Lipinski definition) is 3. The summed E-state index contributed by atoms with van der Waals surface area (Å²) in [6.45, 7) is 2.05. The Bertz CT molecular complexity index is 1260. The molecule has 0 amide bonds. The predicted octanol–water partition coefficient (Wildman–Crippen LogP) is 3.97. The molecule has 32 heavy (non-hydrogen) atoms. The van der Waals surface area contributed by atoms with E-state index < -0.39 is 6.23 Å². The second-order valence-electron chi connectivity index (χ2n) is 7.89. The topological polar surface area (TPSA) is 86.7 Å². The van der Waals surface area contributed by atoms with Crippen LogP contribution in [0.1, 0.15) is 33.6 Å². The zero-order chi connectivity index (χ0) is 21.9. The van der Waals surface area contributed by atoms with Gasteiger partial charge in [-0.25, -0.2) is 0 Å². The summed E-state index contributed by atoms with van der Waals surface area (Å²) in [6, 6.07) is 27.0. The van der Waals surface area contributed by atoms with Crippen LogP contribution in [0.4, 0.5) is 0 Å². The Morgan fingerprint density at radius 1 is 0.844 bits per heavy atom. The molecule has 1 unspecified atom stereocenters. The highest BCUT2D eigenvalue weighted by Crippen LogP contribution is 2.34. The van der Waals surface area contributed by atoms with E-state index in [9.17, 15) is 5.11 Å². The van der Waals surface area contributed by atoms with Crippen molar-refractivity contribution in [2.24, 2.45) is 0 Å². The van der Waals surface area contributed by atoms with Gasteiger partial charge in [-0.05, 0) is 52.5 Å². The summed E-state index contributed by atoms with van der Waals surface area (Å²) in [5.74, 6) is 0.370. The van der Waals surface area contributed by atoms with Gasteiger partial charge >= 0.3 is 0 Å². The Hall–Kier alpha value is -4.03. The van der Waals surface area contributed by atoms with E-state index in [-0.39, 0.29) is 0 Å². The fourth-order valence-corrected chi connectivity index (χ4v) is 3.92. The fourth-order valence-electron chi connectivity index (χ4n) is 3.92. The van der Waals surface area contributed by atoms with E-state index in [1.165, 1.54) is 16.7 Å². The minimum absolute atomic E-state index is 0.370. The fraction of sp³-hybridized carbons (Fsp3) is 0.115. The first-order chi connectivity index (χ1) is 15.7. The molecule has 1 aliphatic rings. The van der Waals surface area contributed by atoms with Crippen LogP contribution in [0.5, 0.6) is 0 Å². The molecule has 0 radical (unpaired) electrons. The molecule has 3 aromatic carbocycles. The van der Waals surface area contributed by atoms with Gasteiger partial charge in [0.1, 0.15) is 0 Å². The number of aromatic nitrogens is 4. The molecule has 4 aromatic rings. The molecule has 1 aromatic heterocycles. The largest absolute Gasteiger partial charge is 0.369 e. The molecule has 0 saturated heterocycles. The first-order valence-corrected chi connectivity index (χ1v) is 10.5. The monoisotopic (exact) mass is 421 g/mol. The quantitative estimate of drug-likeness (QED) is 0.454. The maximum absolute atomic E-state index is 11.0. The number of hydrogen-bond acceptors (Lipinski definition) is 5. The van der Waals surface area contributed by atoms with E-state index in [0.29, 0.717) is 11.4 Å². The predicted molar refractivity (Wildman–Crippen MR) is 125 cm³/mol. The summed E-state index contributed by atoms with van der Waals surface area (Å²) in [7, 11) is 0. The van der Waals surface area contributed by atoms with Gasteiger partial charge in [-0.3, -0.25) is 0 Å². The standard InChI is InChI=1S/C26H23N5O/c1-17-7-11-20(12-8-17)22-16-23(27-26(32)24(22)25-28-30-31-29-25)21-13-9-19(10-14-21)15-18-5-3-2-4-6-18/h2-14,16,26-27,32H,15H2,1H3,(H,28,29,30,31). The molecule has 0 aliphatic carbocycles. The highest BCUT2D eigenvalue weighted by atomic mass is 16.3. The molecular formula is C26H23N5O. The third-order valence-corrected chi connectivity index (χ3v) is 5.61.